The highest BCUT2D eigenvalue weighted by Crippen LogP contribution is 2.27. The van der Waals surface area contributed by atoms with Gasteiger partial charge in [0.05, 0.1) is 12.0 Å². The molecule has 0 bridgehead atoms. The Kier molecular flexibility index (Phi) is 5.07. The van der Waals surface area contributed by atoms with Gasteiger partial charge in [-0.25, -0.2) is 18.1 Å². The Morgan fingerprint density at radius 1 is 1.46 bits per heavy atom. The predicted octanol–water partition coefficient (Wildman–Crippen LogP) is 2.41. The number of hydrogen-bond donors (Lipinski definition) is 1. The fourth-order valence-electron chi connectivity index (χ4n) is 2.96. The molecule has 0 spiro atoms. The molecule has 1 aliphatic rings. The van der Waals surface area contributed by atoms with E-state index in [1.54, 1.807) is 42.8 Å². The summed E-state index contributed by atoms with van der Waals surface area (Å²) >= 11 is 1.58. The quantitative estimate of drug-likeness (QED) is 0.849. The first-order chi connectivity index (χ1) is 11.5. The average Bonchev–Trinajstić information content (AvgIpc) is 3.23. The fourth-order valence-corrected chi connectivity index (χ4v) is 4.86. The first-order valence-electron chi connectivity index (χ1n) is 7.82. The standard InChI is InChI=1S/C16H21N3O3S2/c1-12-10-14(5-6-15(12)22-2)24(20,21)18-11-13-4-3-8-19(13)16-17-7-9-23-16/h5-7,9-10,13,18H,3-4,8,11H2,1-2H3. The Balaban J connectivity index is 1.70. The van der Waals surface area contributed by atoms with E-state index in [1.165, 1.54) is 0 Å². The lowest BCUT2D eigenvalue weighted by atomic mass is 10.2. The molecule has 1 N–H and O–H groups in total. The van der Waals surface area contributed by atoms with Gasteiger partial charge in [-0.05, 0) is 43.5 Å². The Morgan fingerprint density at radius 3 is 2.96 bits per heavy atom. The summed E-state index contributed by atoms with van der Waals surface area (Å²) in [6.45, 7) is 3.13. The number of methoxy groups -OCH3 is 1. The van der Waals surface area contributed by atoms with Crippen LogP contribution in [0.25, 0.3) is 0 Å². The van der Waals surface area contributed by atoms with Crippen LogP contribution in [0.4, 0.5) is 5.13 Å². The average molecular weight is 367 g/mol. The summed E-state index contributed by atoms with van der Waals surface area (Å²) in [5, 5.41) is 2.90. The van der Waals surface area contributed by atoms with Gasteiger partial charge in [-0.2, -0.15) is 0 Å². The molecule has 6 nitrogen and oxygen atoms in total. The molecule has 3 rings (SSSR count). The molecule has 2 aromatic rings. The van der Waals surface area contributed by atoms with Gasteiger partial charge in [0.15, 0.2) is 5.13 Å². The largest absolute Gasteiger partial charge is 0.496 e. The highest BCUT2D eigenvalue weighted by molar-refractivity contribution is 7.89. The minimum atomic E-state index is -3.54. The molecule has 1 saturated heterocycles. The molecule has 0 aliphatic carbocycles. The maximum Gasteiger partial charge on any atom is 0.240 e. The van der Waals surface area contributed by atoms with Crippen molar-refractivity contribution in [2.75, 3.05) is 25.1 Å². The Bertz CT molecular complexity index is 791. The Morgan fingerprint density at radius 2 is 2.29 bits per heavy atom. The van der Waals surface area contributed by atoms with Gasteiger partial charge in [-0.3, -0.25) is 0 Å². The molecular weight excluding hydrogens is 346 g/mol. The Hall–Kier alpha value is -1.64. The van der Waals surface area contributed by atoms with Gasteiger partial charge in [0.2, 0.25) is 10.0 Å². The summed E-state index contributed by atoms with van der Waals surface area (Å²) < 4.78 is 33.0. The minimum absolute atomic E-state index is 0.144. The fraction of sp³-hybridized carbons (Fsp3) is 0.438. The monoisotopic (exact) mass is 367 g/mol. The van der Waals surface area contributed by atoms with Crippen LogP contribution in [0.2, 0.25) is 0 Å². The van der Waals surface area contributed by atoms with Crippen LogP contribution in [0.15, 0.2) is 34.7 Å². The van der Waals surface area contributed by atoms with Crippen molar-refractivity contribution in [3.05, 3.63) is 35.3 Å². The van der Waals surface area contributed by atoms with E-state index in [2.05, 4.69) is 14.6 Å². The lowest BCUT2D eigenvalue weighted by Gasteiger charge is -2.24. The molecule has 1 aliphatic heterocycles. The van der Waals surface area contributed by atoms with E-state index in [0.717, 1.165) is 30.1 Å². The predicted molar refractivity (Wildman–Crippen MR) is 95.4 cm³/mol. The second-order valence-electron chi connectivity index (χ2n) is 5.79. The van der Waals surface area contributed by atoms with Crippen LogP contribution in [0.3, 0.4) is 0 Å². The minimum Gasteiger partial charge on any atom is -0.496 e. The van der Waals surface area contributed by atoms with Crippen molar-refractivity contribution in [3.8, 4) is 5.75 Å². The van der Waals surface area contributed by atoms with Gasteiger partial charge >= 0.3 is 0 Å². The number of nitrogens with one attached hydrogen (secondary N) is 1. The zero-order valence-electron chi connectivity index (χ0n) is 13.7. The number of thiazole rings is 1. The number of aromatic nitrogens is 1. The summed E-state index contributed by atoms with van der Waals surface area (Å²) in [4.78, 5) is 6.79. The van der Waals surface area contributed by atoms with Crippen molar-refractivity contribution in [2.45, 2.75) is 30.7 Å². The lowest BCUT2D eigenvalue weighted by Crippen LogP contribution is -2.40. The zero-order chi connectivity index (χ0) is 17.2. The van der Waals surface area contributed by atoms with Crippen LogP contribution in [-0.4, -0.2) is 39.6 Å². The normalized spacial score (nSPS) is 18.1. The molecule has 0 radical (unpaired) electrons. The van der Waals surface area contributed by atoms with Crippen LogP contribution >= 0.6 is 11.3 Å². The number of aryl methyl sites for hydroxylation is 1. The van der Waals surface area contributed by atoms with Crippen LogP contribution in [0.5, 0.6) is 5.75 Å². The van der Waals surface area contributed by atoms with Crippen LogP contribution in [0.1, 0.15) is 18.4 Å². The summed E-state index contributed by atoms with van der Waals surface area (Å²) in [6.07, 6.45) is 3.79. The van der Waals surface area contributed by atoms with E-state index in [9.17, 15) is 8.42 Å². The van der Waals surface area contributed by atoms with E-state index in [4.69, 9.17) is 4.74 Å². The number of hydrogen-bond acceptors (Lipinski definition) is 6. The molecule has 130 valence electrons. The van der Waals surface area contributed by atoms with E-state index < -0.39 is 10.0 Å². The van der Waals surface area contributed by atoms with Crippen molar-refractivity contribution < 1.29 is 13.2 Å². The number of sulfonamides is 1. The molecule has 1 atom stereocenters. The van der Waals surface area contributed by atoms with Crippen molar-refractivity contribution in [1.82, 2.24) is 9.71 Å². The van der Waals surface area contributed by atoms with Crippen LogP contribution < -0.4 is 14.4 Å². The van der Waals surface area contributed by atoms with Gasteiger partial charge in [0.1, 0.15) is 5.75 Å². The molecule has 2 heterocycles. The van der Waals surface area contributed by atoms with E-state index in [-0.39, 0.29) is 10.9 Å². The second kappa shape index (κ2) is 7.08. The summed E-state index contributed by atoms with van der Waals surface area (Å²) in [6, 6.07) is 5.03. The molecule has 1 aromatic heterocycles. The van der Waals surface area contributed by atoms with Crippen molar-refractivity contribution in [3.63, 3.8) is 0 Å². The number of nitrogens with zero attached hydrogens (tertiary/aromatic N) is 2. The van der Waals surface area contributed by atoms with Gasteiger partial charge in [-0.1, -0.05) is 0 Å². The number of rotatable bonds is 6. The third-order valence-corrected chi connectivity index (χ3v) is 6.46. The van der Waals surface area contributed by atoms with Gasteiger partial charge in [0.25, 0.3) is 0 Å². The Labute approximate surface area is 146 Å². The smallest absolute Gasteiger partial charge is 0.240 e. The maximum absolute atomic E-state index is 12.6. The molecular formula is C16H21N3O3S2. The molecule has 1 unspecified atom stereocenters. The van der Waals surface area contributed by atoms with Gasteiger partial charge in [-0.15, -0.1) is 11.3 Å². The topological polar surface area (TPSA) is 71.5 Å². The van der Waals surface area contributed by atoms with Crippen molar-refractivity contribution >= 4 is 26.5 Å². The van der Waals surface area contributed by atoms with E-state index in [1.807, 2.05) is 12.3 Å². The number of ether oxygens (including phenoxy) is 1. The van der Waals surface area contributed by atoms with Crippen molar-refractivity contribution in [2.24, 2.45) is 0 Å². The summed E-state index contributed by atoms with van der Waals surface area (Å²) in [5.41, 5.74) is 0.797. The molecule has 24 heavy (non-hydrogen) atoms. The molecule has 1 fully saturated rings. The van der Waals surface area contributed by atoms with Gasteiger partial charge in [0, 0.05) is 30.7 Å². The lowest BCUT2D eigenvalue weighted by molar-refractivity contribution is 0.411. The maximum atomic E-state index is 12.6. The third-order valence-electron chi connectivity index (χ3n) is 4.23. The first-order valence-corrected chi connectivity index (χ1v) is 10.2. The molecule has 0 saturated carbocycles. The van der Waals surface area contributed by atoms with E-state index in [0.29, 0.717) is 12.3 Å². The molecule has 8 heteroatoms. The van der Waals surface area contributed by atoms with Crippen LogP contribution in [0, 0.1) is 6.92 Å². The molecule has 1 aromatic carbocycles. The third kappa shape index (κ3) is 3.55. The van der Waals surface area contributed by atoms with E-state index >= 15 is 0 Å². The van der Waals surface area contributed by atoms with Crippen LogP contribution in [-0.2, 0) is 10.0 Å². The number of anilines is 1. The number of benzene rings is 1. The highest BCUT2D eigenvalue weighted by Gasteiger charge is 2.28. The zero-order valence-corrected chi connectivity index (χ0v) is 15.4. The van der Waals surface area contributed by atoms with Gasteiger partial charge < -0.3 is 9.64 Å². The summed E-state index contributed by atoms with van der Waals surface area (Å²) in [5.74, 6) is 0.680. The highest BCUT2D eigenvalue weighted by atomic mass is 32.2. The van der Waals surface area contributed by atoms with Crippen molar-refractivity contribution in [1.29, 1.82) is 0 Å². The molecule has 0 amide bonds. The SMILES string of the molecule is COc1ccc(S(=O)(=O)NCC2CCCN2c2nccs2)cc1C. The summed E-state index contributed by atoms with van der Waals surface area (Å²) in [7, 11) is -1.97. The second-order valence-corrected chi connectivity index (χ2v) is 8.43. The first kappa shape index (κ1) is 17.2.